The van der Waals surface area contributed by atoms with Crippen molar-refractivity contribution in [2.45, 2.75) is 26.3 Å². The number of carbonyl (C=O) groups excluding carboxylic acids is 1. The zero-order chi connectivity index (χ0) is 20.4. The number of methoxy groups -OCH3 is 1. The first-order chi connectivity index (χ1) is 14.0. The fraction of sp³-hybridized carbons (Fsp3) is 0.400. The standard InChI is InChI=1S/C20H23N5O3S/c1-13-4-3-9-24(12-13)20-23-25-16(10-17(26)22-19(25)29-20)18(27)21-11-14-5-7-15(28-2)8-6-14/h5-8,10,13H,3-4,9,11-12H2,1-2H3,(H,21,27)/t13-/m0/s1. The van der Waals surface area contributed by atoms with Crippen LogP contribution in [0, 0.1) is 5.92 Å². The smallest absolute Gasteiger partial charge is 0.274 e. The van der Waals surface area contributed by atoms with Gasteiger partial charge >= 0.3 is 0 Å². The Morgan fingerprint density at radius 1 is 1.34 bits per heavy atom. The molecule has 0 saturated carbocycles. The molecule has 152 valence electrons. The molecule has 3 heterocycles. The molecule has 1 saturated heterocycles. The average molecular weight is 414 g/mol. The van der Waals surface area contributed by atoms with Crippen LogP contribution < -0.4 is 20.5 Å². The molecule has 0 unspecified atom stereocenters. The molecule has 1 aliphatic heterocycles. The lowest BCUT2D eigenvalue weighted by atomic mass is 10.0. The lowest BCUT2D eigenvalue weighted by molar-refractivity contribution is 0.0943. The molecular weight excluding hydrogens is 390 g/mol. The molecule has 29 heavy (non-hydrogen) atoms. The molecule has 9 heteroatoms. The van der Waals surface area contributed by atoms with Crippen molar-refractivity contribution in [2.75, 3.05) is 25.1 Å². The van der Waals surface area contributed by atoms with Gasteiger partial charge in [-0.1, -0.05) is 30.4 Å². The number of nitrogens with one attached hydrogen (secondary N) is 1. The van der Waals surface area contributed by atoms with Gasteiger partial charge in [0.1, 0.15) is 11.4 Å². The van der Waals surface area contributed by atoms with E-state index in [1.807, 2.05) is 24.3 Å². The van der Waals surface area contributed by atoms with Crippen LogP contribution in [0.1, 0.15) is 35.8 Å². The Morgan fingerprint density at radius 2 is 2.14 bits per heavy atom. The number of nitrogens with zero attached hydrogens (tertiary/aromatic N) is 4. The summed E-state index contributed by atoms with van der Waals surface area (Å²) >= 11 is 1.34. The summed E-state index contributed by atoms with van der Waals surface area (Å²) in [6, 6.07) is 8.67. The second-order valence-electron chi connectivity index (χ2n) is 7.28. The van der Waals surface area contributed by atoms with E-state index in [-0.39, 0.29) is 11.6 Å². The van der Waals surface area contributed by atoms with Gasteiger partial charge in [0.25, 0.3) is 11.5 Å². The topological polar surface area (TPSA) is 88.8 Å². The Bertz CT molecular complexity index is 1080. The molecule has 3 aromatic rings. The van der Waals surface area contributed by atoms with E-state index in [1.165, 1.54) is 28.3 Å². The highest BCUT2D eigenvalue weighted by Crippen LogP contribution is 2.27. The minimum atomic E-state index is -0.443. The molecule has 1 amide bonds. The maximum Gasteiger partial charge on any atom is 0.274 e. The van der Waals surface area contributed by atoms with Crippen molar-refractivity contribution in [1.82, 2.24) is 19.9 Å². The fourth-order valence-corrected chi connectivity index (χ4v) is 4.42. The molecule has 0 spiro atoms. The Labute approximate surface area is 172 Å². The fourth-order valence-electron chi connectivity index (χ4n) is 3.47. The van der Waals surface area contributed by atoms with Crippen LogP contribution in [0.2, 0.25) is 0 Å². The van der Waals surface area contributed by atoms with E-state index in [0.717, 1.165) is 36.0 Å². The summed E-state index contributed by atoms with van der Waals surface area (Å²) in [5.74, 6) is 0.986. The zero-order valence-corrected chi connectivity index (χ0v) is 17.2. The highest BCUT2D eigenvalue weighted by Gasteiger charge is 2.22. The summed E-state index contributed by atoms with van der Waals surface area (Å²) in [4.78, 5) is 31.5. The Kier molecular flexibility index (Phi) is 5.48. The van der Waals surface area contributed by atoms with E-state index >= 15 is 0 Å². The third-order valence-electron chi connectivity index (χ3n) is 5.02. The summed E-state index contributed by atoms with van der Waals surface area (Å²) in [5, 5.41) is 8.24. The van der Waals surface area contributed by atoms with Crippen LogP contribution in [0.5, 0.6) is 5.75 Å². The zero-order valence-electron chi connectivity index (χ0n) is 16.4. The van der Waals surface area contributed by atoms with Crippen molar-refractivity contribution >= 4 is 27.3 Å². The van der Waals surface area contributed by atoms with Crippen molar-refractivity contribution < 1.29 is 9.53 Å². The molecule has 1 N–H and O–H groups in total. The number of carbonyl (C=O) groups is 1. The number of hydrogen-bond acceptors (Lipinski definition) is 7. The van der Waals surface area contributed by atoms with E-state index < -0.39 is 5.56 Å². The minimum absolute atomic E-state index is 0.195. The first-order valence-corrected chi connectivity index (χ1v) is 10.4. The van der Waals surface area contributed by atoms with E-state index in [4.69, 9.17) is 4.74 Å². The Morgan fingerprint density at radius 3 is 2.86 bits per heavy atom. The number of anilines is 1. The summed E-state index contributed by atoms with van der Waals surface area (Å²) < 4.78 is 6.62. The summed E-state index contributed by atoms with van der Waals surface area (Å²) in [6.45, 7) is 4.40. The van der Waals surface area contributed by atoms with Crippen LogP contribution in [0.15, 0.2) is 35.1 Å². The molecule has 0 radical (unpaired) electrons. The summed E-state index contributed by atoms with van der Waals surface area (Å²) in [6.07, 6.45) is 2.31. The van der Waals surface area contributed by atoms with E-state index in [2.05, 4.69) is 27.2 Å². The Balaban J connectivity index is 1.56. The number of benzene rings is 1. The monoisotopic (exact) mass is 413 g/mol. The van der Waals surface area contributed by atoms with Gasteiger partial charge in [0, 0.05) is 25.7 Å². The van der Waals surface area contributed by atoms with Crippen LogP contribution in [0.3, 0.4) is 0 Å². The van der Waals surface area contributed by atoms with Gasteiger partial charge in [-0.3, -0.25) is 9.59 Å². The van der Waals surface area contributed by atoms with Gasteiger partial charge in [-0.05, 0) is 36.5 Å². The minimum Gasteiger partial charge on any atom is -0.497 e. The van der Waals surface area contributed by atoms with Gasteiger partial charge in [-0.25, -0.2) is 0 Å². The quantitative estimate of drug-likeness (QED) is 0.691. The third kappa shape index (κ3) is 4.24. The number of rotatable bonds is 5. The molecule has 1 aromatic carbocycles. The molecule has 1 fully saturated rings. The molecule has 0 bridgehead atoms. The molecule has 2 aromatic heterocycles. The number of amides is 1. The van der Waals surface area contributed by atoms with Crippen molar-refractivity contribution in [3.05, 3.63) is 51.9 Å². The molecular formula is C20H23N5O3S. The SMILES string of the molecule is COc1ccc(CNC(=O)c2cc(=O)nc3sc(N4CCC[C@H](C)C4)nn23)cc1. The lowest BCUT2D eigenvalue weighted by Crippen LogP contribution is -2.34. The van der Waals surface area contributed by atoms with E-state index in [9.17, 15) is 9.59 Å². The van der Waals surface area contributed by atoms with Gasteiger partial charge in [0.2, 0.25) is 10.1 Å². The molecule has 8 nitrogen and oxygen atoms in total. The van der Waals surface area contributed by atoms with Gasteiger partial charge < -0.3 is 15.0 Å². The van der Waals surface area contributed by atoms with Crippen LogP contribution in [-0.4, -0.2) is 40.7 Å². The van der Waals surface area contributed by atoms with Gasteiger partial charge in [-0.2, -0.15) is 9.50 Å². The van der Waals surface area contributed by atoms with Crippen LogP contribution in [-0.2, 0) is 6.54 Å². The second-order valence-corrected chi connectivity index (χ2v) is 8.22. The third-order valence-corrected chi connectivity index (χ3v) is 5.99. The first kappa shape index (κ1) is 19.4. The van der Waals surface area contributed by atoms with Gasteiger partial charge in [0.05, 0.1) is 7.11 Å². The molecule has 1 atom stereocenters. The normalized spacial score (nSPS) is 16.8. The summed E-state index contributed by atoms with van der Waals surface area (Å²) in [5.41, 5.74) is 0.681. The number of piperidine rings is 1. The number of aromatic nitrogens is 3. The maximum absolute atomic E-state index is 12.8. The van der Waals surface area contributed by atoms with Gasteiger partial charge in [0.15, 0.2) is 0 Å². The number of fused-ring (bicyclic) bond motifs is 1. The van der Waals surface area contributed by atoms with E-state index in [1.54, 1.807) is 7.11 Å². The first-order valence-electron chi connectivity index (χ1n) is 9.60. The van der Waals surface area contributed by atoms with Crippen molar-refractivity contribution in [1.29, 1.82) is 0 Å². The Hall–Kier alpha value is -2.94. The lowest BCUT2D eigenvalue weighted by Gasteiger charge is -2.30. The second kappa shape index (κ2) is 8.20. The predicted octanol–water partition coefficient (Wildman–Crippen LogP) is 2.33. The van der Waals surface area contributed by atoms with Crippen molar-refractivity contribution in [2.24, 2.45) is 5.92 Å². The van der Waals surface area contributed by atoms with Crippen molar-refractivity contribution in [3.8, 4) is 5.75 Å². The predicted molar refractivity (Wildman–Crippen MR) is 112 cm³/mol. The van der Waals surface area contributed by atoms with Crippen LogP contribution >= 0.6 is 11.3 Å². The number of hydrogen-bond donors (Lipinski definition) is 1. The molecule has 1 aliphatic rings. The highest BCUT2D eigenvalue weighted by atomic mass is 32.1. The van der Waals surface area contributed by atoms with Crippen molar-refractivity contribution in [3.63, 3.8) is 0 Å². The molecule has 4 rings (SSSR count). The summed E-state index contributed by atoms with van der Waals surface area (Å²) in [7, 11) is 1.61. The average Bonchev–Trinajstić information content (AvgIpc) is 3.15. The largest absolute Gasteiger partial charge is 0.497 e. The van der Waals surface area contributed by atoms with Crippen LogP contribution in [0.25, 0.3) is 4.96 Å². The van der Waals surface area contributed by atoms with E-state index in [0.29, 0.717) is 17.4 Å². The molecule has 0 aliphatic carbocycles. The maximum atomic E-state index is 12.8. The number of ether oxygens (including phenoxy) is 1. The van der Waals surface area contributed by atoms with Gasteiger partial charge in [-0.15, -0.1) is 5.10 Å². The van der Waals surface area contributed by atoms with Crippen LogP contribution in [0.4, 0.5) is 5.13 Å². The highest BCUT2D eigenvalue weighted by molar-refractivity contribution is 7.20.